The van der Waals surface area contributed by atoms with Gasteiger partial charge in [0.15, 0.2) is 0 Å². The van der Waals surface area contributed by atoms with Crippen LogP contribution in [0.1, 0.15) is 25.0 Å². The van der Waals surface area contributed by atoms with Gasteiger partial charge in [-0.15, -0.1) is 0 Å². The van der Waals surface area contributed by atoms with E-state index in [-0.39, 0.29) is 5.41 Å². The van der Waals surface area contributed by atoms with Crippen LogP contribution >= 0.6 is 0 Å². The molecule has 0 unspecified atom stereocenters. The van der Waals surface area contributed by atoms with Gasteiger partial charge in [0, 0.05) is 5.41 Å². The maximum absolute atomic E-state index is 5.00. The van der Waals surface area contributed by atoms with Gasteiger partial charge in [-0.1, -0.05) is 38.1 Å². The molecule has 4 heteroatoms. The van der Waals surface area contributed by atoms with E-state index >= 15 is 0 Å². The molecule has 0 N–H and O–H groups in total. The molecular weight excluding hydrogens is 268 g/mol. The van der Waals surface area contributed by atoms with E-state index < -0.39 is 0 Å². The lowest BCUT2D eigenvalue weighted by atomic mass is 9.78. The second-order valence-corrected chi connectivity index (χ2v) is 5.29. The summed E-state index contributed by atoms with van der Waals surface area (Å²) in [6.07, 6.45) is 0. The van der Waals surface area contributed by atoms with Crippen LogP contribution in [0.5, 0.6) is 11.5 Å². The predicted octanol–water partition coefficient (Wildman–Crippen LogP) is 2.94. The van der Waals surface area contributed by atoms with Crippen LogP contribution in [0.4, 0.5) is 0 Å². The zero-order valence-corrected chi connectivity index (χ0v) is 12.9. The van der Waals surface area contributed by atoms with Gasteiger partial charge >= 0.3 is 21.0 Å². The molecule has 2 aromatic rings. The lowest BCUT2D eigenvalue weighted by Crippen LogP contribution is -2.18. The van der Waals surface area contributed by atoms with Gasteiger partial charge in [0.1, 0.15) is 11.5 Å². The van der Waals surface area contributed by atoms with Gasteiger partial charge in [0.05, 0.1) is 0 Å². The van der Waals surface area contributed by atoms with E-state index in [1.54, 1.807) is 0 Å². The van der Waals surface area contributed by atoms with Crippen LogP contribution < -0.4 is 8.85 Å². The molecule has 2 rings (SSSR count). The molecule has 0 aliphatic rings. The molecule has 2 aromatic carbocycles. The lowest BCUT2D eigenvalue weighted by Gasteiger charge is -2.26. The number of rotatable bonds is 4. The molecule has 0 saturated carbocycles. The van der Waals surface area contributed by atoms with Gasteiger partial charge in [-0.05, 0) is 35.4 Å². The van der Waals surface area contributed by atoms with Crippen LogP contribution in [0.3, 0.4) is 0 Å². The highest BCUT2D eigenvalue weighted by Gasteiger charge is 2.22. The fourth-order valence-corrected chi connectivity index (χ4v) is 2.32. The average Bonchev–Trinajstić information content (AvgIpc) is 2.47. The van der Waals surface area contributed by atoms with Crippen molar-refractivity contribution in [2.75, 3.05) is 0 Å². The van der Waals surface area contributed by atoms with Gasteiger partial charge in [0.25, 0.3) is 0 Å². The number of hydrogen-bond donors (Lipinski definition) is 0. The minimum atomic E-state index is -0.0749. The van der Waals surface area contributed by atoms with E-state index in [2.05, 4.69) is 59.1 Å². The molecule has 0 fully saturated rings. The molecule has 0 saturated heterocycles. The summed E-state index contributed by atoms with van der Waals surface area (Å²) in [5.74, 6) is 1.58. The average molecular weight is 282 g/mol. The quantitative estimate of drug-likeness (QED) is 0.803. The molecular formula is C15H14O2Si2. The SMILES string of the molecule is CC(C)(c1ccc(O[Si])cc1)c1ccc(O[Si])cc1. The summed E-state index contributed by atoms with van der Waals surface area (Å²) in [6.45, 7) is 4.39. The molecule has 19 heavy (non-hydrogen) atoms. The Bertz CT molecular complexity index is 484. The van der Waals surface area contributed by atoms with Crippen LogP contribution in [0.2, 0.25) is 0 Å². The highest BCUT2D eigenvalue weighted by Crippen LogP contribution is 2.33. The van der Waals surface area contributed by atoms with E-state index in [1.807, 2.05) is 24.3 Å². The van der Waals surface area contributed by atoms with E-state index in [0.717, 1.165) is 11.5 Å². The van der Waals surface area contributed by atoms with E-state index in [9.17, 15) is 0 Å². The topological polar surface area (TPSA) is 18.5 Å². The molecule has 6 radical (unpaired) electrons. The van der Waals surface area contributed by atoms with E-state index in [0.29, 0.717) is 0 Å². The normalized spacial score (nSPS) is 11.2. The minimum Gasteiger partial charge on any atom is -0.540 e. The first-order chi connectivity index (χ1) is 9.07. The molecule has 0 bridgehead atoms. The van der Waals surface area contributed by atoms with Crippen molar-refractivity contribution in [1.82, 2.24) is 0 Å². The third-order valence-corrected chi connectivity index (χ3v) is 3.86. The minimum absolute atomic E-state index is 0.0749. The van der Waals surface area contributed by atoms with Gasteiger partial charge in [-0.3, -0.25) is 0 Å². The Hall–Kier alpha value is -1.53. The van der Waals surface area contributed by atoms with Crippen molar-refractivity contribution in [3.05, 3.63) is 59.7 Å². The molecule has 0 atom stereocenters. The largest absolute Gasteiger partial charge is 0.540 e. The summed E-state index contributed by atoms with van der Waals surface area (Å²) in [4.78, 5) is 0. The third kappa shape index (κ3) is 2.90. The van der Waals surface area contributed by atoms with Gasteiger partial charge in [-0.25, -0.2) is 0 Å². The Balaban J connectivity index is 2.33. The standard InChI is InChI=1S/C15H14O2Si2/c1-15(2,11-3-7-13(16-18)8-4-11)12-5-9-14(17-19)10-6-12/h3-10H,1-2H3. The monoisotopic (exact) mass is 282 g/mol. The first-order valence-corrected chi connectivity index (χ1v) is 6.78. The predicted molar refractivity (Wildman–Crippen MR) is 77.8 cm³/mol. The molecule has 0 aliphatic heterocycles. The molecule has 0 aromatic heterocycles. The van der Waals surface area contributed by atoms with Crippen LogP contribution in [-0.2, 0) is 5.41 Å². The van der Waals surface area contributed by atoms with Crippen molar-refractivity contribution in [2.24, 2.45) is 0 Å². The number of hydrogen-bond acceptors (Lipinski definition) is 2. The van der Waals surface area contributed by atoms with Crippen molar-refractivity contribution in [2.45, 2.75) is 19.3 Å². The Morgan fingerprint density at radius 1 is 0.684 bits per heavy atom. The zero-order chi connectivity index (χ0) is 13.9. The fraction of sp³-hybridized carbons (Fsp3) is 0.200. The van der Waals surface area contributed by atoms with E-state index in [1.165, 1.54) is 11.1 Å². The summed E-state index contributed by atoms with van der Waals surface area (Å²) in [5, 5.41) is 0. The highest BCUT2D eigenvalue weighted by molar-refractivity contribution is 6.00. The van der Waals surface area contributed by atoms with Crippen LogP contribution in [0.15, 0.2) is 48.5 Å². The molecule has 0 spiro atoms. The van der Waals surface area contributed by atoms with Crippen molar-refractivity contribution in [1.29, 1.82) is 0 Å². The summed E-state index contributed by atoms with van der Waals surface area (Å²) in [6, 6.07) is 16.1. The van der Waals surface area contributed by atoms with Crippen molar-refractivity contribution in [3.8, 4) is 11.5 Å². The van der Waals surface area contributed by atoms with Crippen molar-refractivity contribution < 1.29 is 8.85 Å². The lowest BCUT2D eigenvalue weighted by molar-refractivity contribution is 0.604. The van der Waals surface area contributed by atoms with Gasteiger partial charge in [-0.2, -0.15) is 0 Å². The molecule has 94 valence electrons. The summed E-state index contributed by atoms with van der Waals surface area (Å²) >= 11 is 0. The van der Waals surface area contributed by atoms with Crippen molar-refractivity contribution in [3.63, 3.8) is 0 Å². The Morgan fingerprint density at radius 2 is 1.00 bits per heavy atom. The molecule has 0 aliphatic carbocycles. The highest BCUT2D eigenvalue weighted by atomic mass is 28.2. The Morgan fingerprint density at radius 3 is 1.26 bits per heavy atom. The molecule has 0 amide bonds. The van der Waals surface area contributed by atoms with Crippen LogP contribution in [0.25, 0.3) is 0 Å². The first kappa shape index (κ1) is 13.9. The third-order valence-electron chi connectivity index (χ3n) is 3.39. The van der Waals surface area contributed by atoms with Crippen LogP contribution in [0, 0.1) is 0 Å². The first-order valence-electron chi connectivity index (χ1n) is 5.96. The maximum Gasteiger partial charge on any atom is 0.341 e. The second-order valence-electron chi connectivity index (χ2n) is 4.88. The fourth-order valence-electron chi connectivity index (χ4n) is 2.05. The molecule has 0 heterocycles. The summed E-state index contributed by atoms with van der Waals surface area (Å²) in [7, 11) is 6.05. The van der Waals surface area contributed by atoms with E-state index in [4.69, 9.17) is 8.85 Å². The van der Waals surface area contributed by atoms with Crippen molar-refractivity contribution >= 4 is 21.0 Å². The second kappa shape index (κ2) is 5.63. The summed E-state index contributed by atoms with van der Waals surface area (Å²) < 4.78 is 10.0. The molecule has 2 nitrogen and oxygen atoms in total. The zero-order valence-electron chi connectivity index (χ0n) is 10.9. The smallest absolute Gasteiger partial charge is 0.341 e. The Labute approximate surface area is 120 Å². The van der Waals surface area contributed by atoms with Gasteiger partial charge < -0.3 is 8.85 Å². The maximum atomic E-state index is 5.00. The summed E-state index contributed by atoms with van der Waals surface area (Å²) in [5.41, 5.74) is 2.38. The van der Waals surface area contributed by atoms with Crippen LogP contribution in [-0.4, -0.2) is 21.0 Å². The van der Waals surface area contributed by atoms with Gasteiger partial charge in [0.2, 0.25) is 0 Å². The Kier molecular flexibility index (Phi) is 4.12. The number of benzene rings is 2.